The van der Waals surface area contributed by atoms with Gasteiger partial charge in [0.25, 0.3) is 0 Å². The number of carbonyl (C=O) groups excluding carboxylic acids is 1. The number of aromatic nitrogens is 3. The number of hydrogen-bond acceptors (Lipinski definition) is 7. The largest absolute Gasteiger partial charge is 0.490 e. The highest BCUT2D eigenvalue weighted by molar-refractivity contribution is 5.76. The molecule has 0 radical (unpaired) electrons. The van der Waals surface area contributed by atoms with E-state index in [4.69, 9.17) is 14.0 Å². The number of hydrogen-bond donors (Lipinski definition) is 0. The number of rotatable bonds is 4. The molecule has 0 saturated heterocycles. The Balaban J connectivity index is 1.51. The predicted octanol–water partition coefficient (Wildman–Crippen LogP) is 5.29. The molecule has 0 atom stereocenters. The zero-order valence-corrected chi connectivity index (χ0v) is 19.9. The molecule has 0 saturated carbocycles. The zero-order chi connectivity index (χ0) is 23.8. The van der Waals surface area contributed by atoms with Gasteiger partial charge in [-0.15, -0.1) is 0 Å². The minimum absolute atomic E-state index is 0.0509. The molecule has 1 aliphatic rings. The number of amides is 1. The Morgan fingerprint density at radius 2 is 1.88 bits per heavy atom. The van der Waals surface area contributed by atoms with Crippen LogP contribution in [0.1, 0.15) is 69.1 Å². The van der Waals surface area contributed by atoms with Crippen LogP contribution >= 0.6 is 0 Å². The van der Waals surface area contributed by atoms with Crippen LogP contribution in [0.4, 0.5) is 0 Å². The fourth-order valence-corrected chi connectivity index (χ4v) is 3.81. The standard InChI is InChI=1S/C26H32N4O4/c1-19(2)25-28-23(34-29-25)13-14-24(31)30-16-7-3-4-8-17-32-21-11-5-6-12-22(21)33-26-20(18-30)10-9-15-27-26/h5-6,9-12,15,19H,3-4,7-8,13-14,16-18H2,1-2H3. The second kappa shape index (κ2) is 11.6. The van der Waals surface area contributed by atoms with Crippen molar-refractivity contribution >= 4 is 5.91 Å². The fourth-order valence-electron chi connectivity index (χ4n) is 3.81. The second-order valence-corrected chi connectivity index (χ2v) is 8.80. The third-order valence-electron chi connectivity index (χ3n) is 5.75. The first kappa shape index (κ1) is 23.7. The van der Waals surface area contributed by atoms with Crippen molar-refractivity contribution in [2.24, 2.45) is 0 Å². The summed E-state index contributed by atoms with van der Waals surface area (Å²) in [4.78, 5) is 23.9. The number of carbonyl (C=O) groups is 1. The van der Waals surface area contributed by atoms with Crippen molar-refractivity contribution in [1.82, 2.24) is 20.0 Å². The summed E-state index contributed by atoms with van der Waals surface area (Å²) in [6, 6.07) is 11.4. The van der Waals surface area contributed by atoms with E-state index in [-0.39, 0.29) is 11.8 Å². The molecule has 0 spiro atoms. The van der Waals surface area contributed by atoms with Crippen LogP contribution in [-0.2, 0) is 17.8 Å². The zero-order valence-electron chi connectivity index (χ0n) is 19.9. The molecule has 2 aromatic heterocycles. The lowest BCUT2D eigenvalue weighted by Gasteiger charge is -2.24. The molecule has 0 fully saturated rings. The molecule has 0 aliphatic carbocycles. The summed E-state index contributed by atoms with van der Waals surface area (Å²) in [5.41, 5.74) is 0.850. The van der Waals surface area contributed by atoms with Gasteiger partial charge in [-0.1, -0.05) is 50.0 Å². The van der Waals surface area contributed by atoms with E-state index in [2.05, 4.69) is 15.1 Å². The van der Waals surface area contributed by atoms with E-state index >= 15 is 0 Å². The van der Waals surface area contributed by atoms with Gasteiger partial charge in [0.2, 0.25) is 17.7 Å². The van der Waals surface area contributed by atoms with Gasteiger partial charge < -0.3 is 18.9 Å². The number of pyridine rings is 1. The van der Waals surface area contributed by atoms with Crippen molar-refractivity contribution < 1.29 is 18.8 Å². The number of nitrogens with zero attached hydrogens (tertiary/aromatic N) is 4. The van der Waals surface area contributed by atoms with Gasteiger partial charge in [-0.2, -0.15) is 4.98 Å². The van der Waals surface area contributed by atoms with Crippen LogP contribution in [0.2, 0.25) is 0 Å². The molecule has 1 amide bonds. The minimum atomic E-state index is 0.0509. The molecule has 3 aromatic rings. The van der Waals surface area contributed by atoms with Gasteiger partial charge in [0, 0.05) is 37.1 Å². The van der Waals surface area contributed by atoms with Crippen LogP contribution in [0.3, 0.4) is 0 Å². The summed E-state index contributed by atoms with van der Waals surface area (Å²) in [5, 5.41) is 3.99. The molecule has 180 valence electrons. The highest BCUT2D eigenvalue weighted by Gasteiger charge is 2.20. The molecule has 8 nitrogen and oxygen atoms in total. The lowest BCUT2D eigenvalue weighted by Crippen LogP contribution is -2.32. The van der Waals surface area contributed by atoms with Crippen LogP contribution < -0.4 is 9.47 Å². The third-order valence-corrected chi connectivity index (χ3v) is 5.75. The van der Waals surface area contributed by atoms with Crippen molar-refractivity contribution in [3.05, 3.63) is 59.9 Å². The molecule has 0 N–H and O–H groups in total. The topological polar surface area (TPSA) is 90.6 Å². The van der Waals surface area contributed by atoms with Gasteiger partial charge in [-0.05, 0) is 31.0 Å². The summed E-state index contributed by atoms with van der Waals surface area (Å²) in [7, 11) is 0. The maximum Gasteiger partial charge on any atom is 0.227 e. The maximum absolute atomic E-state index is 13.2. The lowest BCUT2D eigenvalue weighted by atomic mass is 10.1. The van der Waals surface area contributed by atoms with Crippen molar-refractivity contribution in [3.8, 4) is 17.4 Å². The Hall–Kier alpha value is -3.42. The molecule has 34 heavy (non-hydrogen) atoms. The Morgan fingerprint density at radius 1 is 1.06 bits per heavy atom. The summed E-state index contributed by atoms with van der Waals surface area (Å²) in [5.74, 6) is 3.21. The van der Waals surface area contributed by atoms with E-state index < -0.39 is 0 Å². The first-order chi connectivity index (χ1) is 16.6. The van der Waals surface area contributed by atoms with E-state index in [0.717, 1.165) is 31.2 Å². The molecule has 1 aliphatic heterocycles. The summed E-state index contributed by atoms with van der Waals surface area (Å²) < 4.78 is 17.4. The number of para-hydroxylation sites is 2. The van der Waals surface area contributed by atoms with Gasteiger partial charge >= 0.3 is 0 Å². The minimum Gasteiger partial charge on any atom is -0.490 e. The Labute approximate surface area is 200 Å². The van der Waals surface area contributed by atoms with Crippen LogP contribution in [0.15, 0.2) is 47.1 Å². The predicted molar refractivity (Wildman–Crippen MR) is 127 cm³/mol. The van der Waals surface area contributed by atoms with Crippen LogP contribution in [0, 0.1) is 0 Å². The molecule has 1 aromatic carbocycles. The Kier molecular flexibility index (Phi) is 8.12. The van der Waals surface area contributed by atoms with E-state index in [1.54, 1.807) is 6.20 Å². The molecule has 4 rings (SSSR count). The van der Waals surface area contributed by atoms with Crippen molar-refractivity contribution in [2.45, 2.75) is 64.8 Å². The van der Waals surface area contributed by atoms with Crippen LogP contribution in [-0.4, -0.2) is 39.1 Å². The van der Waals surface area contributed by atoms with Gasteiger partial charge in [-0.3, -0.25) is 4.79 Å². The molecular formula is C26H32N4O4. The SMILES string of the molecule is CC(C)c1noc(CCC(=O)N2CCCCCCOc3ccccc3Oc3ncccc3C2)n1. The van der Waals surface area contributed by atoms with E-state index in [1.165, 1.54) is 0 Å². The summed E-state index contributed by atoms with van der Waals surface area (Å²) in [6.07, 6.45) is 6.39. The third kappa shape index (κ3) is 6.34. The van der Waals surface area contributed by atoms with E-state index in [1.807, 2.05) is 55.1 Å². The van der Waals surface area contributed by atoms with Crippen molar-refractivity contribution in [2.75, 3.05) is 13.2 Å². The molecule has 3 heterocycles. The molecule has 8 heteroatoms. The molecular weight excluding hydrogens is 432 g/mol. The highest BCUT2D eigenvalue weighted by atomic mass is 16.5. The number of ether oxygens (including phenoxy) is 2. The first-order valence-corrected chi connectivity index (χ1v) is 12.0. The van der Waals surface area contributed by atoms with Gasteiger partial charge in [-0.25, -0.2) is 4.98 Å². The number of fused-ring (bicyclic) bond motifs is 2. The van der Waals surface area contributed by atoms with Crippen molar-refractivity contribution in [3.63, 3.8) is 0 Å². The summed E-state index contributed by atoms with van der Waals surface area (Å²) in [6.45, 7) is 5.75. The lowest BCUT2D eigenvalue weighted by molar-refractivity contribution is -0.132. The smallest absolute Gasteiger partial charge is 0.227 e. The van der Waals surface area contributed by atoms with E-state index in [0.29, 0.717) is 61.6 Å². The summed E-state index contributed by atoms with van der Waals surface area (Å²) >= 11 is 0. The van der Waals surface area contributed by atoms with Crippen molar-refractivity contribution in [1.29, 1.82) is 0 Å². The first-order valence-electron chi connectivity index (χ1n) is 12.0. The average molecular weight is 465 g/mol. The Bertz CT molecular complexity index is 1080. The number of benzene rings is 1. The average Bonchev–Trinajstić information content (AvgIpc) is 3.32. The second-order valence-electron chi connectivity index (χ2n) is 8.80. The normalized spacial score (nSPS) is 15.0. The van der Waals surface area contributed by atoms with Gasteiger partial charge in [0.1, 0.15) is 0 Å². The molecule has 0 bridgehead atoms. The van der Waals surface area contributed by atoms with Crippen LogP contribution in [0.25, 0.3) is 0 Å². The fraction of sp³-hybridized carbons (Fsp3) is 0.462. The highest BCUT2D eigenvalue weighted by Crippen LogP contribution is 2.32. The maximum atomic E-state index is 13.2. The molecule has 0 unspecified atom stereocenters. The quantitative estimate of drug-likeness (QED) is 0.518. The Morgan fingerprint density at radius 3 is 2.71 bits per heavy atom. The van der Waals surface area contributed by atoms with E-state index in [9.17, 15) is 4.79 Å². The monoisotopic (exact) mass is 464 g/mol. The van der Waals surface area contributed by atoms with Gasteiger partial charge in [0.15, 0.2) is 17.3 Å². The van der Waals surface area contributed by atoms with Crippen LogP contribution in [0.5, 0.6) is 17.4 Å². The number of aryl methyl sites for hydroxylation is 1. The van der Waals surface area contributed by atoms with Gasteiger partial charge in [0.05, 0.1) is 13.2 Å².